The van der Waals surface area contributed by atoms with Gasteiger partial charge in [-0.15, -0.1) is 0 Å². The summed E-state index contributed by atoms with van der Waals surface area (Å²) in [6.45, 7) is 0.263. The Morgan fingerprint density at radius 1 is 1.39 bits per heavy atom. The molecule has 0 atom stereocenters. The number of benzene rings is 1. The molecule has 118 valence electrons. The molecule has 0 radical (unpaired) electrons. The normalized spacial score (nSPS) is 10.5. The van der Waals surface area contributed by atoms with Crippen LogP contribution < -0.4 is 10.1 Å². The van der Waals surface area contributed by atoms with E-state index in [0.717, 1.165) is 11.3 Å². The number of ether oxygens (including phenoxy) is 1. The smallest absolute Gasteiger partial charge is 0.287 e. The van der Waals surface area contributed by atoms with Gasteiger partial charge in [-0.1, -0.05) is 17.3 Å². The fraction of sp³-hybridized carbons (Fsp3) is 0.188. The molecule has 0 fully saturated rings. The standard InChI is InChI=1S/C16H16N4O3/c1-20-7-6-17-15(20)16(21)18-10-12-9-14(23-19-12)11-4-3-5-13(8-11)22-2/h3-9H,10H2,1-2H3,(H,18,21). The van der Waals surface area contributed by atoms with Crippen LogP contribution in [0.3, 0.4) is 0 Å². The highest BCUT2D eigenvalue weighted by molar-refractivity contribution is 5.90. The molecule has 7 heteroatoms. The largest absolute Gasteiger partial charge is 0.497 e. The third-order valence-corrected chi connectivity index (χ3v) is 3.37. The Morgan fingerprint density at radius 3 is 3.00 bits per heavy atom. The van der Waals surface area contributed by atoms with Gasteiger partial charge in [-0.2, -0.15) is 0 Å². The van der Waals surface area contributed by atoms with Crippen molar-refractivity contribution >= 4 is 5.91 Å². The molecule has 0 aliphatic rings. The molecule has 3 rings (SSSR count). The number of aromatic nitrogens is 3. The van der Waals surface area contributed by atoms with Crippen LogP contribution in [0.25, 0.3) is 11.3 Å². The number of carbonyl (C=O) groups is 1. The van der Waals surface area contributed by atoms with E-state index in [1.807, 2.05) is 24.3 Å². The SMILES string of the molecule is COc1cccc(-c2cc(CNC(=O)c3nccn3C)no2)c1. The summed E-state index contributed by atoms with van der Waals surface area (Å²) >= 11 is 0. The lowest BCUT2D eigenvalue weighted by molar-refractivity contribution is 0.0936. The zero-order chi connectivity index (χ0) is 16.2. The average molecular weight is 312 g/mol. The predicted octanol–water partition coefficient (Wildman–Crippen LogP) is 2.01. The molecule has 2 heterocycles. The predicted molar refractivity (Wildman–Crippen MR) is 82.9 cm³/mol. The first kappa shape index (κ1) is 14.8. The van der Waals surface area contributed by atoms with Crippen LogP contribution in [0.15, 0.2) is 47.2 Å². The van der Waals surface area contributed by atoms with Crippen molar-refractivity contribution in [2.24, 2.45) is 7.05 Å². The summed E-state index contributed by atoms with van der Waals surface area (Å²) < 4.78 is 12.2. The van der Waals surface area contributed by atoms with Gasteiger partial charge in [-0.25, -0.2) is 4.98 Å². The van der Waals surface area contributed by atoms with Gasteiger partial charge >= 0.3 is 0 Å². The van der Waals surface area contributed by atoms with Gasteiger partial charge in [0.25, 0.3) is 5.91 Å². The van der Waals surface area contributed by atoms with E-state index < -0.39 is 0 Å². The molecule has 3 aromatic rings. The van der Waals surface area contributed by atoms with Crippen LogP contribution in [0.2, 0.25) is 0 Å². The van der Waals surface area contributed by atoms with Crippen LogP contribution in [-0.4, -0.2) is 27.7 Å². The highest BCUT2D eigenvalue weighted by atomic mass is 16.5. The van der Waals surface area contributed by atoms with Gasteiger partial charge in [0.2, 0.25) is 0 Å². The molecule has 0 aliphatic carbocycles. The minimum absolute atomic E-state index is 0.261. The highest BCUT2D eigenvalue weighted by Crippen LogP contribution is 2.24. The Hall–Kier alpha value is -3.09. The second-order valence-corrected chi connectivity index (χ2v) is 4.96. The number of nitrogens with one attached hydrogen (secondary N) is 1. The van der Waals surface area contributed by atoms with E-state index >= 15 is 0 Å². The van der Waals surface area contributed by atoms with Gasteiger partial charge in [0.1, 0.15) is 11.4 Å². The Balaban J connectivity index is 1.68. The van der Waals surface area contributed by atoms with Crippen molar-refractivity contribution in [2.75, 3.05) is 7.11 Å². The molecule has 2 aromatic heterocycles. The molecular weight excluding hydrogens is 296 g/mol. The van der Waals surface area contributed by atoms with Gasteiger partial charge in [-0.3, -0.25) is 4.79 Å². The molecule has 0 saturated heterocycles. The monoisotopic (exact) mass is 312 g/mol. The molecule has 7 nitrogen and oxygen atoms in total. The fourth-order valence-corrected chi connectivity index (χ4v) is 2.14. The molecule has 1 N–H and O–H groups in total. The van der Waals surface area contributed by atoms with E-state index in [1.54, 1.807) is 37.2 Å². The van der Waals surface area contributed by atoms with Crippen LogP contribution in [0.5, 0.6) is 5.75 Å². The first-order valence-electron chi connectivity index (χ1n) is 7.03. The molecule has 0 aliphatic heterocycles. The van der Waals surface area contributed by atoms with E-state index in [-0.39, 0.29) is 12.5 Å². The van der Waals surface area contributed by atoms with Crippen LogP contribution >= 0.6 is 0 Å². The van der Waals surface area contributed by atoms with Gasteiger partial charge in [0.15, 0.2) is 11.6 Å². The first-order chi connectivity index (χ1) is 11.2. The number of carbonyl (C=O) groups excluding carboxylic acids is 1. The number of amides is 1. The second kappa shape index (κ2) is 6.35. The third kappa shape index (κ3) is 3.23. The summed E-state index contributed by atoms with van der Waals surface area (Å²) in [5.41, 5.74) is 1.49. The van der Waals surface area contributed by atoms with E-state index in [4.69, 9.17) is 9.26 Å². The minimum atomic E-state index is -0.261. The molecule has 1 aromatic carbocycles. The lowest BCUT2D eigenvalue weighted by Gasteiger charge is -2.02. The highest BCUT2D eigenvalue weighted by Gasteiger charge is 2.12. The maximum absolute atomic E-state index is 12.0. The summed E-state index contributed by atoms with van der Waals surface area (Å²) in [4.78, 5) is 16.0. The number of imidazole rings is 1. The summed E-state index contributed by atoms with van der Waals surface area (Å²) in [5, 5.41) is 6.73. The Labute approximate surface area is 132 Å². The average Bonchev–Trinajstić information content (AvgIpc) is 3.21. The lowest BCUT2D eigenvalue weighted by Crippen LogP contribution is -2.25. The van der Waals surface area contributed by atoms with Crippen molar-refractivity contribution in [1.29, 1.82) is 0 Å². The summed E-state index contributed by atoms with van der Waals surface area (Å²) in [5.74, 6) is 1.44. The number of aryl methyl sites for hydroxylation is 1. The maximum Gasteiger partial charge on any atom is 0.287 e. The van der Waals surface area contributed by atoms with E-state index in [2.05, 4.69) is 15.5 Å². The van der Waals surface area contributed by atoms with Gasteiger partial charge in [0.05, 0.1) is 13.7 Å². The number of nitrogens with zero attached hydrogens (tertiary/aromatic N) is 3. The quantitative estimate of drug-likeness (QED) is 0.779. The first-order valence-corrected chi connectivity index (χ1v) is 7.03. The van der Waals surface area contributed by atoms with E-state index in [1.165, 1.54) is 0 Å². The van der Waals surface area contributed by atoms with Crippen LogP contribution in [0.4, 0.5) is 0 Å². The number of methoxy groups -OCH3 is 1. The van der Waals surface area contributed by atoms with Crippen LogP contribution in [0, 0.1) is 0 Å². The van der Waals surface area contributed by atoms with Crippen molar-refractivity contribution in [3.05, 3.63) is 54.2 Å². The Morgan fingerprint density at radius 2 is 2.26 bits per heavy atom. The minimum Gasteiger partial charge on any atom is -0.497 e. The zero-order valence-corrected chi connectivity index (χ0v) is 12.8. The molecular formula is C16H16N4O3. The zero-order valence-electron chi connectivity index (χ0n) is 12.8. The van der Waals surface area contributed by atoms with E-state index in [9.17, 15) is 4.79 Å². The van der Waals surface area contributed by atoms with Gasteiger partial charge in [0, 0.05) is 31.1 Å². The number of hydrogen-bond donors (Lipinski definition) is 1. The van der Waals surface area contributed by atoms with Crippen LogP contribution in [0.1, 0.15) is 16.3 Å². The molecule has 0 saturated carbocycles. The molecule has 1 amide bonds. The van der Waals surface area contributed by atoms with Gasteiger partial charge in [-0.05, 0) is 12.1 Å². The van der Waals surface area contributed by atoms with Crippen molar-refractivity contribution in [1.82, 2.24) is 20.0 Å². The number of hydrogen-bond acceptors (Lipinski definition) is 5. The Bertz CT molecular complexity index is 822. The van der Waals surface area contributed by atoms with Crippen molar-refractivity contribution < 1.29 is 14.1 Å². The second-order valence-electron chi connectivity index (χ2n) is 4.96. The fourth-order valence-electron chi connectivity index (χ4n) is 2.14. The lowest BCUT2D eigenvalue weighted by atomic mass is 10.1. The molecule has 0 spiro atoms. The Kier molecular flexibility index (Phi) is 4.09. The van der Waals surface area contributed by atoms with Crippen molar-refractivity contribution in [3.63, 3.8) is 0 Å². The number of rotatable bonds is 5. The molecule has 23 heavy (non-hydrogen) atoms. The summed E-state index contributed by atoms with van der Waals surface area (Å²) in [7, 11) is 3.37. The summed E-state index contributed by atoms with van der Waals surface area (Å²) in [6.07, 6.45) is 3.29. The van der Waals surface area contributed by atoms with Crippen molar-refractivity contribution in [2.45, 2.75) is 6.54 Å². The van der Waals surface area contributed by atoms with Crippen LogP contribution in [-0.2, 0) is 13.6 Å². The van der Waals surface area contributed by atoms with Gasteiger partial charge < -0.3 is 19.1 Å². The van der Waals surface area contributed by atoms with Crippen molar-refractivity contribution in [3.8, 4) is 17.1 Å². The molecule has 0 unspecified atom stereocenters. The van der Waals surface area contributed by atoms with E-state index in [0.29, 0.717) is 17.3 Å². The third-order valence-electron chi connectivity index (χ3n) is 3.37. The topological polar surface area (TPSA) is 82.2 Å². The molecule has 0 bridgehead atoms. The summed E-state index contributed by atoms with van der Waals surface area (Å²) in [6, 6.07) is 9.27. The maximum atomic E-state index is 12.0.